The van der Waals surface area contributed by atoms with Crippen LogP contribution in [0.3, 0.4) is 0 Å². The first kappa shape index (κ1) is 27.3. The third kappa shape index (κ3) is 6.31. The predicted molar refractivity (Wildman–Crippen MR) is 141 cm³/mol. The van der Waals surface area contributed by atoms with Gasteiger partial charge in [0.25, 0.3) is 5.91 Å². The molecule has 1 aromatic carbocycles. The molecule has 0 fully saturated rings. The Balaban J connectivity index is 1.98. The van der Waals surface area contributed by atoms with Crippen LogP contribution in [0.15, 0.2) is 12.1 Å². The van der Waals surface area contributed by atoms with Crippen LogP contribution in [-0.2, 0) is 16.0 Å². The number of anilines is 1. The van der Waals surface area contributed by atoms with E-state index in [0.29, 0.717) is 42.0 Å². The summed E-state index contributed by atoms with van der Waals surface area (Å²) in [7, 11) is -1.23. The van der Waals surface area contributed by atoms with E-state index < -0.39 is 19.8 Å². The van der Waals surface area contributed by atoms with Crippen molar-refractivity contribution in [3.63, 3.8) is 0 Å². The topological polar surface area (TPSA) is 87.8 Å². The number of rotatable bonds is 7. The van der Waals surface area contributed by atoms with Crippen molar-refractivity contribution in [1.29, 1.82) is 5.26 Å². The number of benzene rings is 1. The minimum absolute atomic E-state index is 0.192. The number of nitrogens with zero attached hydrogens (tertiary/aromatic N) is 4. The molecule has 0 radical (unpaired) electrons. The highest BCUT2D eigenvalue weighted by atomic mass is 35.5. The predicted octanol–water partition coefficient (Wildman–Crippen LogP) is 5.98. The quantitative estimate of drug-likeness (QED) is 0.245. The standard InChI is InChI=1S/C24H32Cl2N4O4Si/c1-24(2,3)34-23(32)30(8-7-27)18-14-17(25)20(26)21-16(18)13-19-22(31)28(9-10-29(19)21)15-33-11-12-35(4,5)6/h13-14H,8-12,15H2,1-6H3. The number of aromatic nitrogens is 1. The Hall–Kier alpha value is -2.25. The van der Waals surface area contributed by atoms with Crippen LogP contribution in [0, 0.1) is 11.3 Å². The maximum absolute atomic E-state index is 13.3. The van der Waals surface area contributed by atoms with Gasteiger partial charge in [-0.05, 0) is 38.9 Å². The number of amides is 2. The van der Waals surface area contributed by atoms with Crippen LogP contribution in [0.4, 0.5) is 10.5 Å². The van der Waals surface area contributed by atoms with Crippen LogP contribution in [-0.4, -0.2) is 61.6 Å². The number of fused-ring (bicyclic) bond motifs is 3. The average molecular weight is 540 g/mol. The Kier molecular flexibility index (Phi) is 8.11. The van der Waals surface area contributed by atoms with Crippen LogP contribution in [0.1, 0.15) is 31.3 Å². The van der Waals surface area contributed by atoms with Gasteiger partial charge in [0.1, 0.15) is 24.6 Å². The smallest absolute Gasteiger partial charge is 0.415 e. The Bertz CT molecular complexity index is 1180. The van der Waals surface area contributed by atoms with Gasteiger partial charge in [0.2, 0.25) is 0 Å². The molecule has 0 aliphatic carbocycles. The van der Waals surface area contributed by atoms with Gasteiger partial charge in [-0.2, -0.15) is 5.26 Å². The molecule has 0 saturated carbocycles. The maximum Gasteiger partial charge on any atom is 0.415 e. The van der Waals surface area contributed by atoms with Crippen molar-refractivity contribution >= 4 is 59.9 Å². The van der Waals surface area contributed by atoms with E-state index >= 15 is 0 Å². The number of hydrogen-bond donors (Lipinski definition) is 0. The molecule has 0 saturated heterocycles. The number of hydrogen-bond acceptors (Lipinski definition) is 5. The van der Waals surface area contributed by atoms with Crippen LogP contribution < -0.4 is 4.90 Å². The molecule has 0 bridgehead atoms. The Morgan fingerprint density at radius 3 is 2.51 bits per heavy atom. The summed E-state index contributed by atoms with van der Waals surface area (Å²) in [5.41, 5.74) is 0.569. The fourth-order valence-corrected chi connectivity index (χ4v) is 4.99. The maximum atomic E-state index is 13.3. The number of carbonyl (C=O) groups is 2. The molecule has 0 atom stereocenters. The van der Waals surface area contributed by atoms with Crippen LogP contribution >= 0.6 is 23.2 Å². The van der Waals surface area contributed by atoms with Gasteiger partial charge in [0.05, 0.1) is 27.3 Å². The molecular formula is C24H32Cl2N4O4Si. The summed E-state index contributed by atoms with van der Waals surface area (Å²) in [6.07, 6.45) is -0.688. The van der Waals surface area contributed by atoms with E-state index in [4.69, 9.17) is 32.7 Å². The molecule has 8 nitrogen and oxygen atoms in total. The number of carbonyl (C=O) groups excluding carboxylic acids is 2. The van der Waals surface area contributed by atoms with E-state index in [-0.39, 0.29) is 29.2 Å². The van der Waals surface area contributed by atoms with E-state index in [1.807, 2.05) is 10.6 Å². The number of halogens is 2. The van der Waals surface area contributed by atoms with Crippen molar-refractivity contribution in [2.45, 2.75) is 58.6 Å². The average Bonchev–Trinajstić information content (AvgIpc) is 3.12. The molecule has 190 valence electrons. The van der Waals surface area contributed by atoms with E-state index in [0.717, 1.165) is 6.04 Å². The van der Waals surface area contributed by atoms with Crippen molar-refractivity contribution < 1.29 is 19.1 Å². The zero-order chi connectivity index (χ0) is 26.1. The second kappa shape index (κ2) is 10.4. The first-order chi connectivity index (χ1) is 16.2. The lowest BCUT2D eigenvalue weighted by Gasteiger charge is -2.29. The molecule has 0 unspecified atom stereocenters. The van der Waals surface area contributed by atoms with Crippen LogP contribution in [0.5, 0.6) is 0 Å². The largest absolute Gasteiger partial charge is 0.443 e. The Morgan fingerprint density at radius 2 is 1.91 bits per heavy atom. The highest BCUT2D eigenvalue weighted by Gasteiger charge is 2.32. The van der Waals surface area contributed by atoms with Gasteiger partial charge in [-0.1, -0.05) is 42.8 Å². The van der Waals surface area contributed by atoms with Crippen molar-refractivity contribution in [3.05, 3.63) is 27.9 Å². The second-order valence-corrected chi connectivity index (χ2v) is 17.2. The van der Waals surface area contributed by atoms with Gasteiger partial charge >= 0.3 is 6.09 Å². The Labute approximate surface area is 217 Å². The second-order valence-electron chi connectivity index (χ2n) is 10.8. The van der Waals surface area contributed by atoms with Gasteiger partial charge in [0.15, 0.2) is 0 Å². The highest BCUT2D eigenvalue weighted by Crippen LogP contribution is 2.41. The highest BCUT2D eigenvalue weighted by molar-refractivity contribution is 6.76. The fourth-order valence-electron chi connectivity index (χ4n) is 3.78. The number of nitriles is 1. The van der Waals surface area contributed by atoms with Gasteiger partial charge in [-0.15, -0.1) is 0 Å². The molecule has 3 rings (SSSR count). The van der Waals surface area contributed by atoms with Gasteiger partial charge in [-0.25, -0.2) is 4.79 Å². The molecule has 35 heavy (non-hydrogen) atoms. The molecule has 0 N–H and O–H groups in total. The molecular weight excluding hydrogens is 507 g/mol. The summed E-state index contributed by atoms with van der Waals surface area (Å²) in [5.74, 6) is -0.192. The van der Waals surface area contributed by atoms with Crippen LogP contribution in [0.2, 0.25) is 35.7 Å². The third-order valence-corrected chi connectivity index (χ3v) is 8.01. The van der Waals surface area contributed by atoms with Gasteiger partial charge in [-0.3, -0.25) is 9.69 Å². The van der Waals surface area contributed by atoms with E-state index in [2.05, 4.69) is 19.6 Å². The Morgan fingerprint density at radius 1 is 1.23 bits per heavy atom. The van der Waals surface area contributed by atoms with E-state index in [1.54, 1.807) is 31.7 Å². The zero-order valence-electron chi connectivity index (χ0n) is 21.1. The van der Waals surface area contributed by atoms with Crippen LogP contribution in [0.25, 0.3) is 10.9 Å². The van der Waals surface area contributed by atoms with E-state index in [9.17, 15) is 14.9 Å². The van der Waals surface area contributed by atoms with Crippen molar-refractivity contribution in [3.8, 4) is 6.07 Å². The van der Waals surface area contributed by atoms with Gasteiger partial charge in [0, 0.05) is 33.2 Å². The fraction of sp³-hybridized carbons (Fsp3) is 0.542. The van der Waals surface area contributed by atoms with Gasteiger partial charge < -0.3 is 18.9 Å². The molecule has 1 aromatic heterocycles. The monoisotopic (exact) mass is 538 g/mol. The third-order valence-electron chi connectivity index (χ3n) is 5.53. The molecule has 2 amide bonds. The first-order valence-electron chi connectivity index (χ1n) is 11.5. The zero-order valence-corrected chi connectivity index (χ0v) is 23.6. The molecule has 0 spiro atoms. The normalized spacial score (nSPS) is 14.1. The lowest BCUT2D eigenvalue weighted by molar-refractivity contribution is 0.0222. The van der Waals surface area contributed by atoms with Crippen molar-refractivity contribution in [1.82, 2.24) is 9.47 Å². The lowest BCUT2D eigenvalue weighted by Crippen LogP contribution is -2.41. The lowest BCUT2D eigenvalue weighted by atomic mass is 10.2. The molecule has 11 heteroatoms. The number of ether oxygens (including phenoxy) is 2. The summed E-state index contributed by atoms with van der Waals surface area (Å²) in [6, 6.07) is 6.24. The van der Waals surface area contributed by atoms with Crippen molar-refractivity contribution in [2.75, 3.05) is 31.3 Å². The summed E-state index contributed by atoms with van der Waals surface area (Å²) in [5, 5.41) is 10.4. The first-order valence-corrected chi connectivity index (χ1v) is 16.0. The summed E-state index contributed by atoms with van der Waals surface area (Å²) < 4.78 is 13.1. The summed E-state index contributed by atoms with van der Waals surface area (Å²) in [4.78, 5) is 29.1. The molecule has 1 aliphatic heterocycles. The minimum Gasteiger partial charge on any atom is -0.443 e. The molecule has 2 heterocycles. The molecule has 2 aromatic rings. The summed E-state index contributed by atoms with van der Waals surface area (Å²) >= 11 is 13.0. The minimum atomic E-state index is -1.23. The molecule has 1 aliphatic rings. The van der Waals surface area contributed by atoms with Crippen molar-refractivity contribution in [2.24, 2.45) is 0 Å². The summed E-state index contributed by atoms with van der Waals surface area (Å²) in [6.45, 7) is 13.6. The van der Waals surface area contributed by atoms with E-state index in [1.165, 1.54) is 11.0 Å². The SMILES string of the molecule is CC(C)(C)OC(=O)N(CC#N)c1cc(Cl)c(Cl)c2c1cc1n2CCN(COCC[Si](C)(C)C)C1=O.